The van der Waals surface area contributed by atoms with Gasteiger partial charge in [-0.15, -0.1) is 63.1 Å². The molecule has 0 aliphatic heterocycles. The minimum Gasteiger partial charge on any atom is -0.258 e. The van der Waals surface area contributed by atoms with Crippen LogP contribution >= 0.6 is 63.1 Å². The van der Waals surface area contributed by atoms with Gasteiger partial charge in [-0.05, 0) is 0 Å². The summed E-state index contributed by atoms with van der Waals surface area (Å²) in [6, 6.07) is 0. The van der Waals surface area contributed by atoms with E-state index < -0.39 is 4.92 Å². The lowest BCUT2D eigenvalue weighted by molar-refractivity contribution is -0.391. The predicted octanol–water partition coefficient (Wildman–Crippen LogP) is 3.04. The van der Waals surface area contributed by atoms with E-state index in [0.29, 0.717) is 14.7 Å². The molecule has 0 heterocycles. The molecule has 0 saturated heterocycles. The molecule has 0 aliphatic carbocycles. The Bertz CT molecular complexity index is 390. The number of nitro groups is 1. The van der Waals surface area contributed by atoms with Crippen LogP contribution in [-0.2, 0) is 0 Å². The average molecular weight is 283 g/mol. The topological polar surface area (TPSA) is 43.1 Å². The quantitative estimate of drug-likeness (QED) is 0.312. The van der Waals surface area contributed by atoms with Gasteiger partial charge in [-0.2, -0.15) is 0 Å². The van der Waals surface area contributed by atoms with Crippen molar-refractivity contribution in [2.24, 2.45) is 0 Å². The van der Waals surface area contributed by atoms with E-state index in [1.807, 2.05) is 0 Å². The van der Waals surface area contributed by atoms with E-state index in [-0.39, 0.29) is 15.5 Å². The molecule has 0 aliphatic rings. The molecule has 0 fully saturated rings. The molecular weight excluding hydrogens is 278 g/mol. The van der Waals surface area contributed by atoms with Crippen molar-refractivity contribution < 1.29 is 4.92 Å². The first-order valence-electron chi connectivity index (χ1n) is 3.21. The summed E-state index contributed by atoms with van der Waals surface area (Å²) >= 11 is 20.2. The van der Waals surface area contributed by atoms with Crippen molar-refractivity contribution in [1.82, 2.24) is 0 Å². The third-order valence-corrected chi connectivity index (χ3v) is 4.45. The fraction of sp³-hybridized carbons (Fsp3) is 0. The summed E-state index contributed by atoms with van der Waals surface area (Å²) in [4.78, 5) is 11.5. The van der Waals surface area contributed by atoms with Crippen LogP contribution in [0.5, 0.6) is 0 Å². The first kappa shape index (κ1) is 12.4. The van der Waals surface area contributed by atoms with Crippen LogP contribution in [0.2, 0.25) is 0 Å². The molecule has 0 unspecified atom stereocenters. The van der Waals surface area contributed by atoms with Crippen molar-refractivity contribution in [2.75, 3.05) is 0 Å². The molecule has 0 N–H and O–H groups in total. The summed E-state index contributed by atoms with van der Waals surface area (Å²) in [6.07, 6.45) is 0. The van der Waals surface area contributed by atoms with Crippen molar-refractivity contribution in [3.8, 4) is 0 Å². The molecule has 0 atom stereocenters. The number of rotatable bonds is 1. The third-order valence-electron chi connectivity index (χ3n) is 1.53. The zero-order valence-corrected chi connectivity index (χ0v) is 11.0. The molecule has 76 valence electrons. The van der Waals surface area contributed by atoms with Crippen LogP contribution in [0.3, 0.4) is 0 Å². The fourth-order valence-corrected chi connectivity index (χ4v) is 2.47. The molecule has 1 rings (SSSR count). The number of hydrogen-bond acceptors (Lipinski definition) is 7. The van der Waals surface area contributed by atoms with Crippen LogP contribution in [0.15, 0.2) is 24.5 Å². The van der Waals surface area contributed by atoms with Gasteiger partial charge in [-0.25, -0.2) is 0 Å². The van der Waals surface area contributed by atoms with E-state index in [4.69, 9.17) is 0 Å². The van der Waals surface area contributed by atoms with E-state index in [9.17, 15) is 10.1 Å². The van der Waals surface area contributed by atoms with Gasteiger partial charge in [0.15, 0.2) is 0 Å². The second-order valence-electron chi connectivity index (χ2n) is 2.35. The third kappa shape index (κ3) is 1.99. The first-order chi connectivity index (χ1) is 6.37. The van der Waals surface area contributed by atoms with Gasteiger partial charge < -0.3 is 0 Å². The molecule has 3 nitrogen and oxygen atoms in total. The summed E-state index contributed by atoms with van der Waals surface area (Å²) in [5, 5.41) is 10.7. The normalized spacial score (nSPS) is 10.4. The lowest BCUT2D eigenvalue weighted by atomic mass is 10.3. The standard InChI is InChI=1S/C6H5NO2S5/c8-7(9)1-2(10)4(12)6(14)5(13)3(1)11/h10-14H. The highest BCUT2D eigenvalue weighted by atomic mass is 32.1. The van der Waals surface area contributed by atoms with Crippen molar-refractivity contribution in [2.45, 2.75) is 24.5 Å². The number of nitro benzene ring substituents is 1. The molecule has 0 spiro atoms. The maximum Gasteiger partial charge on any atom is 0.298 e. The summed E-state index contributed by atoms with van der Waals surface area (Å²) < 4.78 is 0. The molecule has 0 radical (unpaired) electrons. The molecule has 0 saturated carbocycles. The van der Waals surface area contributed by atoms with E-state index in [1.54, 1.807) is 0 Å². The maximum atomic E-state index is 10.7. The number of hydrogen-bond donors (Lipinski definition) is 5. The van der Waals surface area contributed by atoms with E-state index in [1.165, 1.54) is 0 Å². The van der Waals surface area contributed by atoms with Crippen molar-refractivity contribution in [1.29, 1.82) is 0 Å². The van der Waals surface area contributed by atoms with Crippen molar-refractivity contribution in [3.63, 3.8) is 0 Å². The van der Waals surface area contributed by atoms with E-state index >= 15 is 0 Å². The lowest BCUT2D eigenvalue weighted by Crippen LogP contribution is -1.95. The predicted molar refractivity (Wildman–Crippen MR) is 69.4 cm³/mol. The largest absolute Gasteiger partial charge is 0.298 e. The Morgan fingerprint density at radius 2 is 1.07 bits per heavy atom. The highest BCUT2D eigenvalue weighted by Crippen LogP contribution is 2.43. The molecule has 1 aromatic carbocycles. The number of benzene rings is 1. The monoisotopic (exact) mass is 283 g/mol. The van der Waals surface area contributed by atoms with Gasteiger partial charge in [0.05, 0.1) is 14.7 Å². The maximum absolute atomic E-state index is 10.7. The molecule has 0 amide bonds. The Kier molecular flexibility index (Phi) is 3.98. The Hall–Kier alpha value is 0.370. The van der Waals surface area contributed by atoms with Gasteiger partial charge in [0.25, 0.3) is 5.69 Å². The van der Waals surface area contributed by atoms with Gasteiger partial charge in [-0.3, -0.25) is 10.1 Å². The summed E-state index contributed by atoms with van der Waals surface area (Å²) in [6.45, 7) is 0. The van der Waals surface area contributed by atoms with Gasteiger partial charge in [0.2, 0.25) is 0 Å². The summed E-state index contributed by atoms with van der Waals surface area (Å²) in [5.74, 6) is 0. The smallest absolute Gasteiger partial charge is 0.258 e. The van der Waals surface area contributed by atoms with Gasteiger partial charge in [0, 0.05) is 14.7 Å². The van der Waals surface area contributed by atoms with Crippen LogP contribution in [0.1, 0.15) is 0 Å². The number of nitrogens with zero attached hydrogens (tertiary/aromatic N) is 1. The van der Waals surface area contributed by atoms with Crippen LogP contribution in [0, 0.1) is 10.1 Å². The van der Waals surface area contributed by atoms with Gasteiger partial charge in [0.1, 0.15) is 0 Å². The molecule has 8 heteroatoms. The second-order valence-corrected chi connectivity index (χ2v) is 4.58. The molecule has 1 aromatic rings. The van der Waals surface area contributed by atoms with Crippen molar-refractivity contribution in [3.05, 3.63) is 10.1 Å². The Labute approximate surface area is 108 Å². The first-order valence-corrected chi connectivity index (χ1v) is 5.44. The van der Waals surface area contributed by atoms with Gasteiger partial charge in [-0.1, -0.05) is 0 Å². The van der Waals surface area contributed by atoms with Crippen LogP contribution in [0.4, 0.5) is 5.69 Å². The molecule has 0 bridgehead atoms. The lowest BCUT2D eigenvalue weighted by Gasteiger charge is -2.08. The fourth-order valence-electron chi connectivity index (χ4n) is 0.846. The minimum absolute atomic E-state index is 0.145. The molecule has 0 aromatic heterocycles. The Morgan fingerprint density at radius 1 is 0.786 bits per heavy atom. The zero-order valence-electron chi connectivity index (χ0n) is 6.50. The second kappa shape index (κ2) is 4.48. The van der Waals surface area contributed by atoms with E-state index in [0.717, 1.165) is 0 Å². The Morgan fingerprint density at radius 3 is 1.36 bits per heavy atom. The minimum atomic E-state index is -0.572. The van der Waals surface area contributed by atoms with E-state index in [2.05, 4.69) is 63.1 Å². The Balaban J connectivity index is 3.68. The highest BCUT2D eigenvalue weighted by molar-refractivity contribution is 7.87. The van der Waals surface area contributed by atoms with Crippen LogP contribution < -0.4 is 0 Å². The SMILES string of the molecule is O=[N+]([O-])c1c(S)c(S)c(S)c(S)c1S. The average Bonchev–Trinajstić information content (AvgIpc) is 2.11. The van der Waals surface area contributed by atoms with Crippen molar-refractivity contribution >= 4 is 68.8 Å². The van der Waals surface area contributed by atoms with Crippen LogP contribution in [0.25, 0.3) is 0 Å². The van der Waals surface area contributed by atoms with Crippen LogP contribution in [-0.4, -0.2) is 4.92 Å². The number of thiol groups is 5. The molecule has 14 heavy (non-hydrogen) atoms. The summed E-state index contributed by atoms with van der Waals surface area (Å²) in [5.41, 5.74) is -0.204. The summed E-state index contributed by atoms with van der Waals surface area (Å²) in [7, 11) is 0. The van der Waals surface area contributed by atoms with Gasteiger partial charge >= 0.3 is 0 Å². The zero-order chi connectivity index (χ0) is 11.0. The molecular formula is C6H5NO2S5. The highest BCUT2D eigenvalue weighted by Gasteiger charge is 2.23.